The molecule has 0 atom stereocenters. The van der Waals surface area contributed by atoms with E-state index in [-0.39, 0.29) is 0 Å². The summed E-state index contributed by atoms with van der Waals surface area (Å²) in [5, 5.41) is 8.36. The van der Waals surface area contributed by atoms with Crippen molar-refractivity contribution in [3.05, 3.63) is 71.3 Å². The zero-order valence-corrected chi connectivity index (χ0v) is 15.8. The lowest BCUT2D eigenvalue weighted by Crippen LogP contribution is -2.27. The molecule has 25 heavy (non-hydrogen) atoms. The van der Waals surface area contributed by atoms with Crippen molar-refractivity contribution in [3.63, 3.8) is 0 Å². The first kappa shape index (κ1) is 17.8. The van der Waals surface area contributed by atoms with Crippen LogP contribution in [0.2, 0.25) is 5.02 Å². The first-order valence-corrected chi connectivity index (χ1v) is 9.18. The summed E-state index contributed by atoms with van der Waals surface area (Å²) in [6.45, 7) is 2.45. The fourth-order valence-corrected chi connectivity index (χ4v) is 3.13. The molecule has 0 aliphatic rings. The Bertz CT molecular complexity index is 848. The molecular weight excluding hydrogens is 374 g/mol. The lowest BCUT2D eigenvalue weighted by atomic mass is 10.4. The normalized spacial score (nSPS) is 10.5. The van der Waals surface area contributed by atoms with Crippen LogP contribution in [0.15, 0.2) is 69.1 Å². The van der Waals surface area contributed by atoms with Crippen LogP contribution in [0.1, 0.15) is 11.5 Å². The number of aromatic nitrogens is 1. The van der Waals surface area contributed by atoms with Gasteiger partial charge in [0.15, 0.2) is 5.11 Å². The number of anilines is 1. The molecule has 2 N–H and O–H groups in total. The van der Waals surface area contributed by atoms with Crippen molar-refractivity contribution in [2.45, 2.75) is 23.4 Å². The van der Waals surface area contributed by atoms with E-state index in [9.17, 15) is 0 Å². The van der Waals surface area contributed by atoms with Crippen LogP contribution >= 0.6 is 35.6 Å². The second kappa shape index (κ2) is 8.38. The van der Waals surface area contributed by atoms with Gasteiger partial charge in [0.1, 0.15) is 16.5 Å². The number of pyridine rings is 1. The highest BCUT2D eigenvalue weighted by molar-refractivity contribution is 7.99. The van der Waals surface area contributed by atoms with E-state index in [1.807, 2.05) is 55.5 Å². The van der Waals surface area contributed by atoms with Crippen molar-refractivity contribution in [2.75, 3.05) is 5.32 Å². The molecule has 0 amide bonds. The highest BCUT2D eigenvalue weighted by Crippen LogP contribution is 2.27. The third kappa shape index (κ3) is 5.49. The number of aryl methyl sites for hydroxylation is 1. The molecule has 2 aromatic heterocycles. The van der Waals surface area contributed by atoms with Gasteiger partial charge in [-0.25, -0.2) is 4.98 Å². The average Bonchev–Trinajstić information content (AvgIpc) is 3.02. The van der Waals surface area contributed by atoms with Crippen LogP contribution < -0.4 is 10.6 Å². The highest BCUT2D eigenvalue weighted by Gasteiger charge is 2.03. The quantitative estimate of drug-likeness (QED) is 0.579. The Labute approximate surface area is 161 Å². The largest absolute Gasteiger partial charge is 0.465 e. The second-order valence-corrected chi connectivity index (χ2v) is 7.20. The van der Waals surface area contributed by atoms with E-state index in [2.05, 4.69) is 15.6 Å². The number of hydrogen-bond acceptors (Lipinski definition) is 4. The summed E-state index contributed by atoms with van der Waals surface area (Å²) < 4.78 is 5.49. The number of nitrogens with one attached hydrogen (secondary N) is 2. The molecular formula is C18H16ClN3OS2. The molecule has 7 heteroatoms. The minimum absolute atomic E-state index is 0.522. The zero-order valence-electron chi connectivity index (χ0n) is 13.5. The van der Waals surface area contributed by atoms with E-state index in [0.29, 0.717) is 11.7 Å². The van der Waals surface area contributed by atoms with Gasteiger partial charge in [0.2, 0.25) is 0 Å². The summed E-state index contributed by atoms with van der Waals surface area (Å²) in [4.78, 5) is 5.52. The maximum atomic E-state index is 5.89. The van der Waals surface area contributed by atoms with Crippen molar-refractivity contribution in [2.24, 2.45) is 0 Å². The fraction of sp³-hybridized carbons (Fsp3) is 0.111. The molecule has 0 saturated carbocycles. The predicted molar refractivity (Wildman–Crippen MR) is 106 cm³/mol. The Hall–Kier alpha value is -2.02. The van der Waals surface area contributed by atoms with Crippen LogP contribution in [-0.2, 0) is 6.54 Å². The van der Waals surface area contributed by atoms with Gasteiger partial charge < -0.3 is 15.1 Å². The molecule has 128 valence electrons. The van der Waals surface area contributed by atoms with E-state index in [0.717, 1.165) is 32.2 Å². The monoisotopic (exact) mass is 389 g/mol. The molecule has 0 unspecified atom stereocenters. The van der Waals surface area contributed by atoms with Gasteiger partial charge in [-0.05, 0) is 67.7 Å². The lowest BCUT2D eigenvalue weighted by molar-refractivity contribution is 0.478. The summed E-state index contributed by atoms with van der Waals surface area (Å²) in [6.07, 6.45) is 1.75. The van der Waals surface area contributed by atoms with Crippen LogP contribution in [0.25, 0.3) is 0 Å². The van der Waals surface area contributed by atoms with E-state index >= 15 is 0 Å². The topological polar surface area (TPSA) is 50.1 Å². The smallest absolute Gasteiger partial charge is 0.171 e. The van der Waals surface area contributed by atoms with Gasteiger partial charge in [0.25, 0.3) is 0 Å². The third-order valence-electron chi connectivity index (χ3n) is 3.25. The summed E-state index contributed by atoms with van der Waals surface area (Å²) in [5.74, 6) is 1.73. The van der Waals surface area contributed by atoms with Crippen LogP contribution in [0.3, 0.4) is 0 Å². The Morgan fingerprint density at radius 2 is 1.96 bits per heavy atom. The maximum Gasteiger partial charge on any atom is 0.171 e. The third-order valence-corrected chi connectivity index (χ3v) is 4.71. The Morgan fingerprint density at radius 1 is 1.16 bits per heavy atom. The lowest BCUT2D eigenvalue weighted by Gasteiger charge is -2.09. The SMILES string of the molecule is Cc1ccc(CNC(=S)Nc2ccc(Sc3ccc(Cl)cc3)nc2)o1. The summed E-state index contributed by atoms with van der Waals surface area (Å²) in [7, 11) is 0. The Kier molecular flexibility index (Phi) is 5.96. The first-order valence-electron chi connectivity index (χ1n) is 7.58. The molecule has 0 fully saturated rings. The molecule has 0 saturated heterocycles. The predicted octanol–water partition coefficient (Wildman–Crippen LogP) is 5.27. The van der Waals surface area contributed by atoms with Gasteiger partial charge in [0, 0.05) is 9.92 Å². The van der Waals surface area contributed by atoms with Crippen LogP contribution in [-0.4, -0.2) is 10.1 Å². The molecule has 3 rings (SSSR count). The van der Waals surface area contributed by atoms with Crippen molar-refractivity contribution in [3.8, 4) is 0 Å². The van der Waals surface area contributed by atoms with Crippen molar-refractivity contribution in [1.29, 1.82) is 0 Å². The number of rotatable bonds is 5. The number of halogens is 1. The summed E-state index contributed by atoms with van der Waals surface area (Å²) in [5.41, 5.74) is 0.827. The maximum absolute atomic E-state index is 5.89. The standard InChI is InChI=1S/C18H16ClN3OS2/c1-12-2-6-15(23-12)11-21-18(24)22-14-5-9-17(20-10-14)25-16-7-3-13(19)4-8-16/h2-10H,11H2,1H3,(H2,21,22,24). The number of nitrogens with zero attached hydrogens (tertiary/aromatic N) is 1. The van der Waals surface area contributed by atoms with Crippen LogP contribution in [0.5, 0.6) is 0 Å². The van der Waals surface area contributed by atoms with E-state index in [1.165, 1.54) is 0 Å². The molecule has 0 spiro atoms. The molecule has 1 aromatic carbocycles. The molecule has 0 aliphatic carbocycles. The fourth-order valence-electron chi connectivity index (χ4n) is 2.06. The minimum Gasteiger partial charge on any atom is -0.465 e. The van der Waals surface area contributed by atoms with Crippen LogP contribution in [0.4, 0.5) is 5.69 Å². The molecule has 4 nitrogen and oxygen atoms in total. The Balaban J connectivity index is 1.51. The highest BCUT2D eigenvalue weighted by atomic mass is 35.5. The number of benzene rings is 1. The van der Waals surface area contributed by atoms with E-state index in [4.69, 9.17) is 28.2 Å². The van der Waals surface area contributed by atoms with Gasteiger partial charge in [-0.3, -0.25) is 0 Å². The molecule has 0 bridgehead atoms. The van der Waals surface area contributed by atoms with Gasteiger partial charge >= 0.3 is 0 Å². The summed E-state index contributed by atoms with van der Waals surface area (Å²) >= 11 is 12.8. The van der Waals surface area contributed by atoms with Crippen molar-refractivity contribution < 1.29 is 4.42 Å². The van der Waals surface area contributed by atoms with Crippen molar-refractivity contribution >= 4 is 46.4 Å². The van der Waals surface area contributed by atoms with Crippen LogP contribution in [0, 0.1) is 6.92 Å². The first-order chi connectivity index (χ1) is 12.1. The molecule has 3 aromatic rings. The van der Waals surface area contributed by atoms with Gasteiger partial charge in [-0.15, -0.1) is 0 Å². The number of hydrogen-bond donors (Lipinski definition) is 2. The molecule has 0 aliphatic heterocycles. The second-order valence-electron chi connectivity index (χ2n) is 5.26. The summed E-state index contributed by atoms with van der Waals surface area (Å²) in [6, 6.07) is 15.4. The molecule has 0 radical (unpaired) electrons. The average molecular weight is 390 g/mol. The van der Waals surface area contributed by atoms with Crippen molar-refractivity contribution in [1.82, 2.24) is 10.3 Å². The molecule has 2 heterocycles. The van der Waals surface area contributed by atoms with Gasteiger partial charge in [0.05, 0.1) is 18.4 Å². The Morgan fingerprint density at radius 3 is 2.60 bits per heavy atom. The van der Waals surface area contributed by atoms with Gasteiger partial charge in [-0.1, -0.05) is 23.4 Å². The number of furan rings is 1. The zero-order chi connectivity index (χ0) is 17.6. The van der Waals surface area contributed by atoms with E-state index in [1.54, 1.807) is 18.0 Å². The minimum atomic E-state index is 0.522. The number of thiocarbonyl (C=S) groups is 1. The van der Waals surface area contributed by atoms with Gasteiger partial charge in [-0.2, -0.15) is 0 Å². The van der Waals surface area contributed by atoms with E-state index < -0.39 is 0 Å².